The monoisotopic (exact) mass is 299 g/mol. The van der Waals surface area contributed by atoms with Crippen LogP contribution >= 0.6 is 0 Å². The Bertz CT molecular complexity index is 745. The fourth-order valence-corrected chi connectivity index (χ4v) is 3.38. The van der Waals surface area contributed by atoms with Gasteiger partial charge in [0.25, 0.3) is 5.91 Å². The Morgan fingerprint density at radius 2 is 1.76 bits per heavy atom. The molecule has 2 unspecified atom stereocenters. The number of carbonyl (C=O) groups is 1. The molecule has 106 valence electrons. The smallest absolute Gasteiger partial charge is 0.256 e. The van der Waals surface area contributed by atoms with E-state index >= 15 is 0 Å². The summed E-state index contributed by atoms with van der Waals surface area (Å²) < 4.78 is 12.0. The second-order valence-corrected chi connectivity index (χ2v) is 6.09. The molecule has 0 bridgehead atoms. The van der Waals surface area contributed by atoms with Crippen LogP contribution in [0.4, 0.5) is 5.69 Å². The maximum Gasteiger partial charge on any atom is 0.256 e. The number of amides is 1. The van der Waals surface area contributed by atoms with Gasteiger partial charge in [-0.05, 0) is 23.3 Å². The number of carbonyl (C=O) groups excluding carboxylic acids is 1. The van der Waals surface area contributed by atoms with Gasteiger partial charge < -0.3 is 10.3 Å². The predicted octanol–water partition coefficient (Wildman–Crippen LogP) is 2.25. The Labute approximate surface area is 125 Å². The molecule has 1 aliphatic heterocycles. The van der Waals surface area contributed by atoms with Crippen LogP contribution in [-0.2, 0) is 21.5 Å². The average Bonchev–Trinajstić information content (AvgIpc) is 2.88. The van der Waals surface area contributed by atoms with Crippen molar-refractivity contribution in [1.82, 2.24) is 0 Å². The number of rotatable bonds is 3. The molecule has 1 amide bonds. The average molecular weight is 299 g/mol. The van der Waals surface area contributed by atoms with Crippen LogP contribution < -0.4 is 5.73 Å². The van der Waals surface area contributed by atoms with Crippen LogP contribution in [-0.4, -0.2) is 16.7 Å². The van der Waals surface area contributed by atoms with E-state index in [1.165, 1.54) is 0 Å². The summed E-state index contributed by atoms with van der Waals surface area (Å²) in [6, 6.07) is 14.1. The Morgan fingerprint density at radius 3 is 2.43 bits per heavy atom. The molecule has 1 heterocycles. The van der Waals surface area contributed by atoms with E-state index < -0.39 is 22.6 Å². The van der Waals surface area contributed by atoms with Crippen LogP contribution in [0.15, 0.2) is 63.7 Å². The zero-order valence-corrected chi connectivity index (χ0v) is 12.1. The number of azo groups is 1. The Morgan fingerprint density at radius 1 is 1.14 bits per heavy atom. The topological polar surface area (TPSA) is 90.9 Å². The first-order valence-corrected chi connectivity index (χ1v) is 7.88. The van der Waals surface area contributed by atoms with Crippen molar-refractivity contribution in [2.75, 3.05) is 6.26 Å². The van der Waals surface area contributed by atoms with E-state index in [4.69, 9.17) is 5.73 Å². The molecular weight excluding hydrogens is 286 g/mol. The van der Waals surface area contributed by atoms with Crippen LogP contribution in [0.25, 0.3) is 0 Å². The molecule has 0 saturated carbocycles. The van der Waals surface area contributed by atoms with Crippen LogP contribution in [0.5, 0.6) is 0 Å². The standard InChI is InChI=1S/C15H13N3O2S/c1-21(20)13-9-5-3-7-11(13)15(14(16)19)10-6-2-4-8-12(10)17-18-15/h2-9H,1H3,(H2,16,19). The van der Waals surface area contributed by atoms with Crippen LogP contribution in [0.3, 0.4) is 0 Å². The number of nitrogens with two attached hydrogens (primary N) is 1. The van der Waals surface area contributed by atoms with Crippen LogP contribution in [0.2, 0.25) is 0 Å². The fraction of sp³-hybridized carbons (Fsp3) is 0.133. The molecule has 5 nitrogen and oxygen atoms in total. The molecule has 2 atom stereocenters. The number of hydrogen-bond donors (Lipinski definition) is 1. The van der Waals surface area contributed by atoms with Crippen molar-refractivity contribution in [3.8, 4) is 0 Å². The third kappa shape index (κ3) is 1.95. The molecule has 2 aromatic carbocycles. The third-order valence-electron chi connectivity index (χ3n) is 3.54. The summed E-state index contributed by atoms with van der Waals surface area (Å²) in [5.74, 6) is -0.630. The van der Waals surface area contributed by atoms with Gasteiger partial charge in [0.05, 0.1) is 11.3 Å². The minimum atomic E-state index is -1.40. The highest BCUT2D eigenvalue weighted by atomic mass is 32.2. The van der Waals surface area contributed by atoms with E-state index in [0.29, 0.717) is 21.7 Å². The van der Waals surface area contributed by atoms with Gasteiger partial charge in [-0.1, -0.05) is 36.4 Å². The van der Waals surface area contributed by atoms with Gasteiger partial charge in [0.15, 0.2) is 4.90 Å². The largest absolute Gasteiger partial charge is 0.612 e. The summed E-state index contributed by atoms with van der Waals surface area (Å²) in [5.41, 5.74) is 6.00. The van der Waals surface area contributed by atoms with Crippen molar-refractivity contribution < 1.29 is 9.35 Å². The lowest BCUT2D eigenvalue weighted by atomic mass is 9.83. The number of hydrogen-bond acceptors (Lipinski definition) is 4. The highest BCUT2D eigenvalue weighted by Crippen LogP contribution is 2.46. The maximum atomic E-state index is 12.2. The van der Waals surface area contributed by atoms with Crippen LogP contribution in [0, 0.1) is 0 Å². The summed E-state index contributed by atoms with van der Waals surface area (Å²) in [7, 11) is 0. The molecule has 0 aromatic heterocycles. The number of fused-ring (bicyclic) bond motifs is 1. The lowest BCUT2D eigenvalue weighted by molar-refractivity contribution is -0.122. The summed E-state index contributed by atoms with van der Waals surface area (Å²) in [4.78, 5) is 12.8. The van der Waals surface area contributed by atoms with Crippen molar-refractivity contribution in [2.45, 2.75) is 10.4 Å². The first kappa shape index (κ1) is 13.8. The summed E-state index contributed by atoms with van der Waals surface area (Å²) in [6.07, 6.45) is 1.56. The van der Waals surface area contributed by atoms with E-state index in [9.17, 15) is 9.35 Å². The molecule has 0 aliphatic carbocycles. The molecule has 2 aromatic rings. The lowest BCUT2D eigenvalue weighted by Gasteiger charge is -2.24. The van der Waals surface area contributed by atoms with E-state index in [1.54, 1.807) is 48.7 Å². The summed E-state index contributed by atoms with van der Waals surface area (Å²) in [5, 5.41) is 8.24. The number of benzene rings is 2. The minimum absolute atomic E-state index is 0.520. The zero-order valence-electron chi connectivity index (χ0n) is 11.3. The van der Waals surface area contributed by atoms with E-state index in [-0.39, 0.29) is 0 Å². The Balaban J connectivity index is 2.32. The normalized spacial score (nSPS) is 21.0. The van der Waals surface area contributed by atoms with Crippen molar-refractivity contribution in [1.29, 1.82) is 0 Å². The van der Waals surface area contributed by atoms with Crippen molar-refractivity contribution in [3.05, 3.63) is 59.7 Å². The van der Waals surface area contributed by atoms with Crippen LogP contribution in [0.1, 0.15) is 11.1 Å². The molecule has 6 heteroatoms. The van der Waals surface area contributed by atoms with Crippen molar-refractivity contribution in [2.24, 2.45) is 16.0 Å². The van der Waals surface area contributed by atoms with E-state index in [0.717, 1.165) is 0 Å². The van der Waals surface area contributed by atoms with Gasteiger partial charge in [0, 0.05) is 5.56 Å². The Hall–Kier alpha value is -2.18. The van der Waals surface area contributed by atoms with Gasteiger partial charge in [-0.15, -0.1) is 0 Å². The molecule has 1 aliphatic rings. The summed E-state index contributed by atoms with van der Waals surface area (Å²) >= 11 is -1.27. The second kappa shape index (κ2) is 4.98. The fourth-order valence-electron chi connectivity index (χ4n) is 2.58. The van der Waals surface area contributed by atoms with E-state index in [1.807, 2.05) is 6.07 Å². The molecule has 3 rings (SSSR count). The van der Waals surface area contributed by atoms with Gasteiger partial charge in [-0.25, -0.2) is 0 Å². The Kier molecular flexibility index (Phi) is 3.27. The first-order chi connectivity index (χ1) is 10.1. The molecule has 0 radical (unpaired) electrons. The third-order valence-corrected chi connectivity index (χ3v) is 4.52. The minimum Gasteiger partial charge on any atom is -0.612 e. The van der Waals surface area contributed by atoms with E-state index in [2.05, 4.69) is 10.2 Å². The number of primary amides is 1. The second-order valence-electron chi connectivity index (χ2n) is 4.74. The quantitative estimate of drug-likeness (QED) is 0.880. The van der Waals surface area contributed by atoms with Gasteiger partial charge in [0.1, 0.15) is 6.26 Å². The van der Waals surface area contributed by atoms with Gasteiger partial charge >= 0.3 is 0 Å². The maximum absolute atomic E-state index is 12.2. The molecule has 21 heavy (non-hydrogen) atoms. The highest BCUT2D eigenvalue weighted by Gasteiger charge is 2.48. The molecule has 0 fully saturated rings. The first-order valence-electron chi connectivity index (χ1n) is 6.32. The lowest BCUT2D eigenvalue weighted by Crippen LogP contribution is -2.40. The van der Waals surface area contributed by atoms with Crippen molar-refractivity contribution >= 4 is 22.8 Å². The van der Waals surface area contributed by atoms with Gasteiger partial charge in [0.2, 0.25) is 5.54 Å². The molecule has 0 spiro atoms. The molecule has 2 N–H and O–H groups in total. The van der Waals surface area contributed by atoms with Crippen molar-refractivity contribution in [3.63, 3.8) is 0 Å². The molecular formula is C15H13N3O2S. The number of nitrogens with zero attached hydrogens (tertiary/aromatic N) is 2. The molecule has 0 saturated heterocycles. The summed E-state index contributed by atoms with van der Waals surface area (Å²) in [6.45, 7) is 0. The SMILES string of the molecule is C[S+]([O-])c1ccccc1C1(C(N)=O)N=Nc2ccccc21. The zero-order chi connectivity index (χ0) is 15.0. The predicted molar refractivity (Wildman–Crippen MR) is 79.7 cm³/mol. The van der Waals surface area contributed by atoms with Gasteiger partial charge in [-0.2, -0.15) is 10.2 Å². The van der Waals surface area contributed by atoms with Gasteiger partial charge in [-0.3, -0.25) is 4.79 Å². The highest BCUT2D eigenvalue weighted by molar-refractivity contribution is 7.90.